The molecule has 0 radical (unpaired) electrons. The van der Waals surface area contributed by atoms with E-state index in [1.54, 1.807) is 0 Å². The van der Waals surface area contributed by atoms with Crippen LogP contribution in [0.15, 0.2) is 0 Å². The van der Waals surface area contributed by atoms with Gasteiger partial charge in [0.2, 0.25) is 0 Å². The summed E-state index contributed by atoms with van der Waals surface area (Å²) in [5.74, 6) is 0.845. The predicted octanol–water partition coefficient (Wildman–Crippen LogP) is 2.65. The van der Waals surface area contributed by atoms with Crippen molar-refractivity contribution in [2.24, 2.45) is 5.92 Å². The van der Waals surface area contributed by atoms with E-state index in [0.29, 0.717) is 12.2 Å². The molecule has 2 aliphatic rings. The lowest BCUT2D eigenvalue weighted by molar-refractivity contribution is -0.0735. The van der Waals surface area contributed by atoms with Gasteiger partial charge in [-0.25, -0.2) is 0 Å². The molecule has 1 aliphatic carbocycles. The van der Waals surface area contributed by atoms with Gasteiger partial charge < -0.3 is 10.1 Å². The lowest BCUT2D eigenvalue weighted by Gasteiger charge is -2.40. The Balaban J connectivity index is 1.84. The Bertz CT molecular complexity index is 249. The fraction of sp³-hybridized carbons (Fsp3) is 1.00. The molecule has 0 spiro atoms. The molecule has 112 valence electrons. The highest BCUT2D eigenvalue weighted by Gasteiger charge is 2.29. The highest BCUT2D eigenvalue weighted by molar-refractivity contribution is 4.85. The van der Waals surface area contributed by atoms with E-state index < -0.39 is 0 Å². The summed E-state index contributed by atoms with van der Waals surface area (Å²) in [5, 5.41) is 3.78. The molecule has 1 saturated carbocycles. The zero-order valence-electron chi connectivity index (χ0n) is 13.0. The Morgan fingerprint density at radius 1 is 1.11 bits per heavy atom. The zero-order valence-corrected chi connectivity index (χ0v) is 13.0. The van der Waals surface area contributed by atoms with Crippen molar-refractivity contribution in [3.63, 3.8) is 0 Å². The second-order valence-corrected chi connectivity index (χ2v) is 6.58. The molecule has 4 unspecified atom stereocenters. The van der Waals surface area contributed by atoms with Gasteiger partial charge in [-0.1, -0.05) is 19.8 Å². The van der Waals surface area contributed by atoms with Crippen LogP contribution in [-0.4, -0.2) is 49.3 Å². The monoisotopic (exact) mass is 268 g/mol. The number of nitrogens with zero attached hydrogens (tertiary/aromatic N) is 1. The maximum absolute atomic E-state index is 5.84. The Morgan fingerprint density at radius 2 is 1.79 bits per heavy atom. The first-order valence-electron chi connectivity index (χ1n) is 8.30. The average molecular weight is 268 g/mol. The van der Waals surface area contributed by atoms with Crippen LogP contribution in [0.2, 0.25) is 0 Å². The van der Waals surface area contributed by atoms with Crippen LogP contribution >= 0.6 is 0 Å². The molecule has 0 aromatic heterocycles. The Labute approximate surface area is 119 Å². The van der Waals surface area contributed by atoms with Crippen LogP contribution in [0.25, 0.3) is 0 Å². The molecule has 19 heavy (non-hydrogen) atoms. The quantitative estimate of drug-likeness (QED) is 0.829. The number of hydrogen-bond donors (Lipinski definition) is 1. The molecule has 1 heterocycles. The van der Waals surface area contributed by atoms with E-state index in [1.165, 1.54) is 45.2 Å². The molecule has 0 bridgehead atoms. The lowest BCUT2D eigenvalue weighted by Crippen LogP contribution is -2.50. The first kappa shape index (κ1) is 15.3. The maximum atomic E-state index is 5.84. The summed E-state index contributed by atoms with van der Waals surface area (Å²) in [7, 11) is 0. The van der Waals surface area contributed by atoms with E-state index in [2.05, 4.69) is 31.0 Å². The summed E-state index contributed by atoms with van der Waals surface area (Å²) in [6, 6.07) is 0.752. The van der Waals surface area contributed by atoms with Crippen molar-refractivity contribution in [3.8, 4) is 0 Å². The van der Waals surface area contributed by atoms with E-state index in [-0.39, 0.29) is 0 Å². The van der Waals surface area contributed by atoms with Crippen molar-refractivity contribution in [1.82, 2.24) is 10.2 Å². The first-order chi connectivity index (χ1) is 9.19. The molecule has 0 amide bonds. The SMILES string of the molecule is CCCNC1CCCCC1CN1CC(C)OC(C)C1. The van der Waals surface area contributed by atoms with Crippen LogP contribution in [-0.2, 0) is 4.74 Å². The van der Waals surface area contributed by atoms with Crippen molar-refractivity contribution in [3.05, 3.63) is 0 Å². The molecule has 1 N–H and O–H groups in total. The normalized spacial score (nSPS) is 37.4. The fourth-order valence-electron chi connectivity index (χ4n) is 3.79. The number of nitrogens with one attached hydrogen (secondary N) is 1. The van der Waals surface area contributed by atoms with Gasteiger partial charge in [0, 0.05) is 25.7 Å². The summed E-state index contributed by atoms with van der Waals surface area (Å²) in [4.78, 5) is 2.63. The fourth-order valence-corrected chi connectivity index (χ4v) is 3.79. The van der Waals surface area contributed by atoms with Crippen molar-refractivity contribution in [2.45, 2.75) is 71.1 Å². The molecule has 0 aromatic carbocycles. The minimum atomic E-state index is 0.398. The van der Waals surface area contributed by atoms with Gasteiger partial charge in [0.05, 0.1) is 12.2 Å². The standard InChI is InChI=1S/C16H32N2O/c1-4-9-17-16-8-6-5-7-15(16)12-18-10-13(2)19-14(3)11-18/h13-17H,4-12H2,1-3H3. The van der Waals surface area contributed by atoms with E-state index in [0.717, 1.165) is 25.0 Å². The molecule has 4 atom stereocenters. The maximum Gasteiger partial charge on any atom is 0.0678 e. The van der Waals surface area contributed by atoms with Gasteiger partial charge in [-0.2, -0.15) is 0 Å². The van der Waals surface area contributed by atoms with Crippen molar-refractivity contribution >= 4 is 0 Å². The molecule has 3 heteroatoms. The molecule has 1 saturated heterocycles. The van der Waals surface area contributed by atoms with Crippen LogP contribution < -0.4 is 5.32 Å². The Morgan fingerprint density at radius 3 is 2.47 bits per heavy atom. The van der Waals surface area contributed by atoms with Crippen molar-refractivity contribution in [2.75, 3.05) is 26.2 Å². The van der Waals surface area contributed by atoms with Gasteiger partial charge in [0.25, 0.3) is 0 Å². The number of hydrogen-bond acceptors (Lipinski definition) is 3. The third-order valence-corrected chi connectivity index (χ3v) is 4.55. The molecule has 2 fully saturated rings. The van der Waals surface area contributed by atoms with Crippen molar-refractivity contribution < 1.29 is 4.74 Å². The highest BCUT2D eigenvalue weighted by Crippen LogP contribution is 2.26. The third-order valence-electron chi connectivity index (χ3n) is 4.55. The summed E-state index contributed by atoms with van der Waals surface area (Å²) in [6.07, 6.45) is 7.65. The molecular formula is C16H32N2O. The van der Waals surface area contributed by atoms with Crippen LogP contribution in [0.1, 0.15) is 52.9 Å². The molecule has 0 aromatic rings. The van der Waals surface area contributed by atoms with Gasteiger partial charge in [0.1, 0.15) is 0 Å². The highest BCUT2D eigenvalue weighted by atomic mass is 16.5. The minimum absolute atomic E-state index is 0.398. The molecule has 2 rings (SSSR count). The van der Waals surface area contributed by atoms with E-state index >= 15 is 0 Å². The van der Waals surface area contributed by atoms with E-state index in [4.69, 9.17) is 4.74 Å². The van der Waals surface area contributed by atoms with Crippen LogP contribution in [0.5, 0.6) is 0 Å². The van der Waals surface area contributed by atoms with Gasteiger partial charge in [-0.05, 0) is 45.6 Å². The summed E-state index contributed by atoms with van der Waals surface area (Å²) < 4.78 is 5.84. The average Bonchev–Trinajstić information content (AvgIpc) is 2.36. The minimum Gasteiger partial charge on any atom is -0.373 e. The van der Waals surface area contributed by atoms with Crippen LogP contribution in [0.3, 0.4) is 0 Å². The van der Waals surface area contributed by atoms with E-state index in [1.807, 2.05) is 0 Å². The van der Waals surface area contributed by atoms with Gasteiger partial charge >= 0.3 is 0 Å². The largest absolute Gasteiger partial charge is 0.373 e. The Kier molecular flexibility index (Phi) is 6.11. The summed E-state index contributed by atoms with van der Waals surface area (Å²) >= 11 is 0. The van der Waals surface area contributed by atoms with Crippen LogP contribution in [0, 0.1) is 5.92 Å². The zero-order chi connectivity index (χ0) is 13.7. The summed E-state index contributed by atoms with van der Waals surface area (Å²) in [6.45, 7) is 11.3. The van der Waals surface area contributed by atoms with Crippen LogP contribution in [0.4, 0.5) is 0 Å². The van der Waals surface area contributed by atoms with Gasteiger partial charge in [-0.3, -0.25) is 4.90 Å². The van der Waals surface area contributed by atoms with Gasteiger partial charge in [0.15, 0.2) is 0 Å². The molecule has 3 nitrogen and oxygen atoms in total. The third kappa shape index (κ3) is 4.73. The number of rotatable bonds is 5. The number of ether oxygens (including phenoxy) is 1. The lowest BCUT2D eigenvalue weighted by atomic mass is 9.84. The predicted molar refractivity (Wildman–Crippen MR) is 80.5 cm³/mol. The Hall–Kier alpha value is -0.120. The smallest absolute Gasteiger partial charge is 0.0678 e. The topological polar surface area (TPSA) is 24.5 Å². The van der Waals surface area contributed by atoms with E-state index in [9.17, 15) is 0 Å². The second kappa shape index (κ2) is 7.61. The molecule has 1 aliphatic heterocycles. The summed E-state index contributed by atoms with van der Waals surface area (Å²) in [5.41, 5.74) is 0. The van der Waals surface area contributed by atoms with Gasteiger partial charge in [-0.15, -0.1) is 0 Å². The number of morpholine rings is 1. The first-order valence-corrected chi connectivity index (χ1v) is 8.30. The second-order valence-electron chi connectivity index (χ2n) is 6.58. The van der Waals surface area contributed by atoms with Crippen molar-refractivity contribution in [1.29, 1.82) is 0 Å². The molecular weight excluding hydrogens is 236 g/mol.